The zero-order valence-corrected chi connectivity index (χ0v) is 70.3. The van der Waals surface area contributed by atoms with Gasteiger partial charge in [-0.25, -0.2) is 25.3 Å². The predicted octanol–water partition coefficient (Wildman–Crippen LogP) is 18.0. The molecule has 21 heteroatoms. The quantitative estimate of drug-likeness (QED) is 0.0408. The molecule has 0 heterocycles. The zero-order chi connectivity index (χ0) is 80.4. The Morgan fingerprint density at radius 3 is 0.649 bits per heavy atom. The molecule has 0 spiro atoms. The average molecular weight is 1570 g/mol. The molecule has 0 aliphatic heterocycles. The molecule has 1 aliphatic carbocycles. The minimum absolute atomic E-state index is 0.0716. The Morgan fingerprint density at radius 2 is 0.477 bits per heavy atom. The lowest BCUT2D eigenvalue weighted by Gasteiger charge is -2.27. The molecule has 594 valence electrons. The van der Waals surface area contributed by atoms with Crippen LogP contribution in [0.1, 0.15) is 183 Å². The topological polar surface area (TPSA) is 222 Å². The zero-order valence-electron chi connectivity index (χ0n) is 67.8. The molecule has 0 saturated carbocycles. The Morgan fingerprint density at radius 1 is 0.288 bits per heavy atom. The van der Waals surface area contributed by atoms with E-state index < -0.39 is 46.3 Å². The molecule has 10 rings (SSSR count). The minimum Gasteiger partial charge on any atom is -0.496 e. The van der Waals surface area contributed by atoms with E-state index in [1.165, 1.54) is 0 Å². The third-order valence-corrected chi connectivity index (χ3v) is 23.9. The number of nitrogens with one attached hydrogen (secondary N) is 3. The molecule has 111 heavy (non-hydrogen) atoms. The van der Waals surface area contributed by atoms with E-state index in [1.54, 1.807) is 94.1 Å². The lowest BCUT2D eigenvalue weighted by atomic mass is 9.81. The van der Waals surface area contributed by atoms with Crippen LogP contribution in [0.15, 0.2) is 160 Å². The van der Waals surface area contributed by atoms with Gasteiger partial charge >= 0.3 is 0 Å². The maximum absolute atomic E-state index is 14.9. The Kier molecular flexibility index (Phi) is 27.2. The second-order valence-corrected chi connectivity index (χ2v) is 36.6. The smallest absolute Gasteiger partial charge is 0.261 e. The highest BCUT2D eigenvalue weighted by Gasteiger charge is 2.31. The van der Waals surface area contributed by atoms with E-state index in [-0.39, 0.29) is 110 Å². The van der Waals surface area contributed by atoms with E-state index in [0.29, 0.717) is 87.7 Å². The number of anilines is 3. The van der Waals surface area contributed by atoms with Crippen molar-refractivity contribution < 1.29 is 67.9 Å². The molecular formula is C90H111N3O15S3. The summed E-state index contributed by atoms with van der Waals surface area (Å²) in [6.45, 7) is 33.1. The highest BCUT2D eigenvalue weighted by atomic mass is 32.2. The summed E-state index contributed by atoms with van der Waals surface area (Å²) in [7, 11) is -7.79. The number of aryl methyl sites for hydroxylation is 3. The van der Waals surface area contributed by atoms with Gasteiger partial charge in [-0.2, -0.15) is 0 Å². The molecule has 0 fully saturated rings. The molecule has 0 unspecified atom stereocenters. The van der Waals surface area contributed by atoms with Crippen LogP contribution in [0.3, 0.4) is 0 Å². The summed E-state index contributed by atoms with van der Waals surface area (Å²) in [4.78, 5) is 0.215. The molecule has 3 N–H and O–H groups in total. The number of methoxy groups -OCH3 is 3. The second-order valence-electron chi connectivity index (χ2n) is 31.6. The van der Waals surface area contributed by atoms with Gasteiger partial charge in [-0.1, -0.05) is 152 Å². The summed E-state index contributed by atoms with van der Waals surface area (Å²) < 4.78 is 158. The van der Waals surface area contributed by atoms with Gasteiger partial charge < -0.3 is 42.6 Å². The van der Waals surface area contributed by atoms with Crippen molar-refractivity contribution in [3.63, 3.8) is 0 Å². The molecule has 9 aromatic carbocycles. The van der Waals surface area contributed by atoms with Crippen molar-refractivity contribution in [3.8, 4) is 34.5 Å². The van der Waals surface area contributed by atoms with Crippen LogP contribution in [-0.4, -0.2) is 106 Å². The van der Waals surface area contributed by atoms with Crippen LogP contribution in [0.2, 0.25) is 0 Å². The summed E-state index contributed by atoms with van der Waals surface area (Å²) in [6, 6.07) is 43.8. The van der Waals surface area contributed by atoms with Gasteiger partial charge in [0, 0.05) is 109 Å². The normalized spacial score (nSPS) is 13.0. The van der Waals surface area contributed by atoms with Gasteiger partial charge in [0.2, 0.25) is 0 Å². The van der Waals surface area contributed by atoms with Crippen molar-refractivity contribution in [2.75, 3.05) is 95.0 Å². The van der Waals surface area contributed by atoms with E-state index in [0.717, 1.165) is 66.8 Å². The third kappa shape index (κ3) is 21.2. The summed E-state index contributed by atoms with van der Waals surface area (Å²) in [5.41, 5.74) is 13.1. The van der Waals surface area contributed by atoms with Crippen LogP contribution in [0.5, 0.6) is 34.5 Å². The Balaban J connectivity index is 1.36. The van der Waals surface area contributed by atoms with Crippen LogP contribution in [0.25, 0.3) is 0 Å². The molecule has 0 atom stereocenters. The second kappa shape index (κ2) is 35.7. The number of fused-ring (bicyclic) bond motifs is 12. The molecule has 0 amide bonds. The molecule has 1 aliphatic rings. The molecular weight excluding hydrogens is 1460 g/mol. The van der Waals surface area contributed by atoms with Crippen LogP contribution in [0.4, 0.5) is 17.1 Å². The predicted molar refractivity (Wildman–Crippen MR) is 443 cm³/mol. The van der Waals surface area contributed by atoms with E-state index in [2.05, 4.69) is 113 Å². The number of hydrogen-bond donors (Lipinski definition) is 3. The van der Waals surface area contributed by atoms with E-state index in [9.17, 15) is 25.3 Å². The van der Waals surface area contributed by atoms with E-state index in [1.807, 2.05) is 77.9 Å². The number of sulfonamides is 3. The van der Waals surface area contributed by atoms with Crippen molar-refractivity contribution >= 4 is 47.1 Å². The fourth-order valence-corrected chi connectivity index (χ4v) is 17.1. The van der Waals surface area contributed by atoms with Gasteiger partial charge in [0.1, 0.15) is 54.3 Å². The van der Waals surface area contributed by atoms with Crippen molar-refractivity contribution in [2.24, 2.45) is 0 Å². The SMILES string of the molecule is CCOCCOc1c2cc(NS(=O)(=O)c3ccc(C)cc3)cc1Cc1cc(C(C)(C)C)cc(c1OC)Cc1cc(NS(=O)(=O)c3ccc(C)cc3)cc(c1OCCOCC)Cc1cc(C(C)(C)C)cc(c1OC)Cc1cc(NS(=O)(=O)c3ccc(C)cc3)cc(c1OCCOCC)Cc1cc(C(C)(C)C)cc(c1OC)C2. The number of rotatable bonds is 27. The van der Waals surface area contributed by atoms with Crippen molar-refractivity contribution in [3.05, 3.63) is 246 Å². The maximum Gasteiger partial charge on any atom is 0.261 e. The van der Waals surface area contributed by atoms with Gasteiger partial charge in [0.05, 0.1) is 55.8 Å². The van der Waals surface area contributed by atoms with Crippen LogP contribution >= 0.6 is 0 Å². The van der Waals surface area contributed by atoms with Gasteiger partial charge in [-0.05, 0) is 181 Å². The molecule has 9 aromatic rings. The summed E-state index contributed by atoms with van der Waals surface area (Å²) >= 11 is 0. The van der Waals surface area contributed by atoms with Crippen molar-refractivity contribution in [1.29, 1.82) is 0 Å². The Hall–Kier alpha value is -9.09. The monoisotopic (exact) mass is 1570 g/mol. The molecule has 0 aromatic heterocycles. The van der Waals surface area contributed by atoms with E-state index in [4.69, 9.17) is 42.6 Å². The number of ether oxygens (including phenoxy) is 9. The first kappa shape index (κ1) is 84.4. The van der Waals surface area contributed by atoms with Crippen LogP contribution in [0, 0.1) is 20.8 Å². The average Bonchev–Trinajstić information content (AvgIpc) is 0.771. The first-order valence-corrected chi connectivity index (χ1v) is 42.5. The van der Waals surface area contributed by atoms with Crippen LogP contribution in [-0.2, 0) is 99.1 Å². The minimum atomic E-state index is -4.23. The standard InChI is InChI=1S/C90H111N3O15S3/c1-19-103-34-37-106-85-67-40-61-46-73(88(7,8)9)48-63(82(61)100-16)42-69-54-77(92-110(96,97)80-30-24-59(5)25-31-80)56-71(86(69)107-38-35-104-20-2)44-65-50-75(90(13,14)15)51-66(84(65)102-18)45-72-57-78(93-111(98,99)81-32-26-60(6)27-33-81)55-70(87(72)108-39-36-105-21-3)43-64-49-74(89(10,11)12)47-62(83(64)101-17)41-68(85)53-76(52-67)91-109(94,95)79-28-22-58(4)23-29-79/h22-33,46-57,91-93H,19-21,34-45H2,1-18H3. The summed E-state index contributed by atoms with van der Waals surface area (Å²) in [6.07, 6.45) is 0.867. The number of benzene rings is 9. The lowest BCUT2D eigenvalue weighted by molar-refractivity contribution is 0.109. The number of hydrogen-bond acceptors (Lipinski definition) is 15. The van der Waals surface area contributed by atoms with Gasteiger partial charge in [-0.15, -0.1) is 0 Å². The summed E-state index contributed by atoms with van der Waals surface area (Å²) in [5, 5.41) is 0. The fourth-order valence-electron chi connectivity index (χ4n) is 14.0. The highest BCUT2D eigenvalue weighted by Crippen LogP contribution is 2.46. The summed E-state index contributed by atoms with van der Waals surface area (Å²) in [5.74, 6) is 3.04. The largest absolute Gasteiger partial charge is 0.496 e. The van der Waals surface area contributed by atoms with Gasteiger partial charge in [0.25, 0.3) is 30.1 Å². The van der Waals surface area contributed by atoms with Crippen molar-refractivity contribution in [1.82, 2.24) is 0 Å². The highest BCUT2D eigenvalue weighted by molar-refractivity contribution is 7.93. The van der Waals surface area contributed by atoms with E-state index >= 15 is 0 Å². The van der Waals surface area contributed by atoms with Gasteiger partial charge in [0.15, 0.2) is 0 Å². The van der Waals surface area contributed by atoms with Crippen molar-refractivity contribution in [2.45, 2.75) is 173 Å². The van der Waals surface area contributed by atoms with Crippen LogP contribution < -0.4 is 42.6 Å². The Bertz CT molecular complexity index is 4480. The lowest BCUT2D eigenvalue weighted by Crippen LogP contribution is -2.17. The van der Waals surface area contributed by atoms with Gasteiger partial charge in [-0.3, -0.25) is 14.2 Å². The third-order valence-electron chi connectivity index (χ3n) is 19.7. The molecule has 0 saturated heterocycles. The Labute approximate surface area is 659 Å². The first-order chi connectivity index (χ1) is 52.5. The first-order valence-electron chi connectivity index (χ1n) is 38.0. The molecule has 18 nitrogen and oxygen atoms in total. The maximum atomic E-state index is 14.9. The molecule has 0 radical (unpaired) electrons. The fraction of sp³-hybridized carbons (Fsp3) is 0.400. The molecule has 12 bridgehead atoms.